The number of ether oxygens (including phenoxy) is 2. The molecule has 2 aromatic carbocycles. The van der Waals surface area contributed by atoms with Crippen LogP contribution in [0.1, 0.15) is 18.1 Å². The monoisotopic (exact) mass is 461 g/mol. The standard InChI is InChI=1S/C23H31N3O5S/c1-3-31-22-10-5-4-9-21(22)26(32(2,28)29)18-23(27)24-16-19-7-6-8-20(15-19)17-25-11-13-30-14-12-25/h4-10,15H,3,11-14,16-18H2,1-2H3,(H,24,27). The van der Waals surface area contributed by atoms with Crippen LogP contribution in [0.4, 0.5) is 5.69 Å². The highest BCUT2D eigenvalue weighted by molar-refractivity contribution is 7.92. The predicted molar refractivity (Wildman–Crippen MR) is 124 cm³/mol. The van der Waals surface area contributed by atoms with E-state index in [0.717, 1.165) is 49.0 Å². The molecule has 2 aromatic rings. The van der Waals surface area contributed by atoms with Crippen molar-refractivity contribution < 1.29 is 22.7 Å². The van der Waals surface area contributed by atoms with Crippen LogP contribution in [0.25, 0.3) is 0 Å². The SMILES string of the molecule is CCOc1ccccc1N(CC(=O)NCc1cccc(CN2CCOCC2)c1)S(C)(=O)=O. The molecule has 0 spiro atoms. The van der Waals surface area contributed by atoms with Crippen molar-refractivity contribution in [3.05, 3.63) is 59.7 Å². The van der Waals surface area contributed by atoms with E-state index in [4.69, 9.17) is 9.47 Å². The molecule has 1 amide bonds. The first-order valence-corrected chi connectivity index (χ1v) is 12.6. The number of rotatable bonds is 10. The predicted octanol–water partition coefficient (Wildman–Crippen LogP) is 2.00. The van der Waals surface area contributed by atoms with E-state index in [0.29, 0.717) is 24.6 Å². The van der Waals surface area contributed by atoms with Crippen LogP contribution in [0.5, 0.6) is 5.75 Å². The summed E-state index contributed by atoms with van der Waals surface area (Å²) in [4.78, 5) is 15.0. The maximum absolute atomic E-state index is 12.6. The highest BCUT2D eigenvalue weighted by Crippen LogP contribution is 2.29. The summed E-state index contributed by atoms with van der Waals surface area (Å²) in [7, 11) is -3.68. The van der Waals surface area contributed by atoms with E-state index < -0.39 is 10.0 Å². The number of nitrogens with zero attached hydrogens (tertiary/aromatic N) is 2. The van der Waals surface area contributed by atoms with Gasteiger partial charge in [0.2, 0.25) is 15.9 Å². The third-order valence-electron chi connectivity index (χ3n) is 5.11. The van der Waals surface area contributed by atoms with Gasteiger partial charge in [0.05, 0.1) is 31.8 Å². The highest BCUT2D eigenvalue weighted by Gasteiger charge is 2.23. The molecule has 0 atom stereocenters. The zero-order valence-electron chi connectivity index (χ0n) is 18.6. The van der Waals surface area contributed by atoms with Crippen molar-refractivity contribution in [2.24, 2.45) is 0 Å². The average molecular weight is 462 g/mol. The molecule has 0 saturated carbocycles. The van der Waals surface area contributed by atoms with Gasteiger partial charge in [-0.25, -0.2) is 8.42 Å². The number of benzene rings is 2. The van der Waals surface area contributed by atoms with Crippen LogP contribution in [0.15, 0.2) is 48.5 Å². The van der Waals surface area contributed by atoms with Gasteiger partial charge in [-0.1, -0.05) is 36.4 Å². The number of anilines is 1. The first-order chi connectivity index (χ1) is 15.4. The van der Waals surface area contributed by atoms with Gasteiger partial charge in [-0.3, -0.25) is 14.0 Å². The van der Waals surface area contributed by atoms with Crippen LogP contribution >= 0.6 is 0 Å². The van der Waals surface area contributed by atoms with Gasteiger partial charge in [0.25, 0.3) is 0 Å². The van der Waals surface area contributed by atoms with Crippen LogP contribution in [-0.4, -0.2) is 64.9 Å². The van der Waals surface area contributed by atoms with Crippen molar-refractivity contribution in [1.82, 2.24) is 10.2 Å². The number of hydrogen-bond donors (Lipinski definition) is 1. The van der Waals surface area contributed by atoms with E-state index in [1.165, 1.54) is 5.56 Å². The molecule has 1 saturated heterocycles. The Morgan fingerprint density at radius 1 is 1.12 bits per heavy atom. The van der Waals surface area contributed by atoms with E-state index in [-0.39, 0.29) is 12.5 Å². The second-order valence-electron chi connectivity index (χ2n) is 7.66. The smallest absolute Gasteiger partial charge is 0.241 e. The highest BCUT2D eigenvalue weighted by atomic mass is 32.2. The van der Waals surface area contributed by atoms with Crippen molar-refractivity contribution >= 4 is 21.6 Å². The normalized spacial score (nSPS) is 14.7. The summed E-state index contributed by atoms with van der Waals surface area (Å²) in [6.07, 6.45) is 1.08. The van der Waals surface area contributed by atoms with Crippen LogP contribution in [0, 0.1) is 0 Å². The van der Waals surface area contributed by atoms with Crippen LogP contribution in [0.2, 0.25) is 0 Å². The van der Waals surface area contributed by atoms with E-state index in [2.05, 4.69) is 22.3 Å². The molecule has 174 valence electrons. The third kappa shape index (κ3) is 6.94. The summed E-state index contributed by atoms with van der Waals surface area (Å²) in [5.41, 5.74) is 2.48. The molecular formula is C23H31N3O5S. The molecular weight excluding hydrogens is 430 g/mol. The Labute approximate surface area is 190 Å². The minimum atomic E-state index is -3.68. The third-order valence-corrected chi connectivity index (χ3v) is 6.24. The van der Waals surface area contributed by atoms with Gasteiger partial charge in [-0.05, 0) is 30.2 Å². The summed E-state index contributed by atoms with van der Waals surface area (Å²) >= 11 is 0. The molecule has 1 aliphatic rings. The number of carbonyl (C=O) groups is 1. The van der Waals surface area contributed by atoms with Crippen molar-refractivity contribution in [3.63, 3.8) is 0 Å². The maximum atomic E-state index is 12.6. The Morgan fingerprint density at radius 3 is 2.56 bits per heavy atom. The van der Waals surface area contributed by atoms with Gasteiger partial charge in [-0.2, -0.15) is 0 Å². The lowest BCUT2D eigenvalue weighted by molar-refractivity contribution is -0.119. The number of para-hydroxylation sites is 2. The maximum Gasteiger partial charge on any atom is 0.241 e. The number of morpholine rings is 1. The molecule has 0 aliphatic carbocycles. The van der Waals surface area contributed by atoms with Gasteiger partial charge < -0.3 is 14.8 Å². The topological polar surface area (TPSA) is 88.2 Å². The molecule has 1 N–H and O–H groups in total. The fourth-order valence-electron chi connectivity index (χ4n) is 3.56. The Bertz CT molecular complexity index is 1010. The van der Waals surface area contributed by atoms with Crippen LogP contribution < -0.4 is 14.4 Å². The van der Waals surface area contributed by atoms with Gasteiger partial charge in [-0.15, -0.1) is 0 Å². The molecule has 3 rings (SSSR count). The quantitative estimate of drug-likeness (QED) is 0.582. The Hall–Kier alpha value is -2.62. The van der Waals surface area contributed by atoms with E-state index >= 15 is 0 Å². The number of amides is 1. The van der Waals surface area contributed by atoms with Crippen LogP contribution in [0.3, 0.4) is 0 Å². The number of sulfonamides is 1. The summed E-state index contributed by atoms with van der Waals surface area (Å²) in [6, 6.07) is 14.8. The minimum absolute atomic E-state index is 0.320. The van der Waals surface area contributed by atoms with Gasteiger partial charge >= 0.3 is 0 Å². The molecule has 8 nitrogen and oxygen atoms in total. The second-order valence-corrected chi connectivity index (χ2v) is 9.56. The van der Waals surface area contributed by atoms with Crippen LogP contribution in [-0.2, 0) is 32.6 Å². The summed E-state index contributed by atoms with van der Waals surface area (Å²) in [5, 5.41) is 2.83. The number of carbonyl (C=O) groups excluding carboxylic acids is 1. The van der Waals surface area contributed by atoms with E-state index in [9.17, 15) is 13.2 Å². The summed E-state index contributed by atoms with van der Waals surface area (Å²) in [6.45, 7) is 6.36. The lowest BCUT2D eigenvalue weighted by Gasteiger charge is -2.26. The average Bonchev–Trinajstić information content (AvgIpc) is 2.77. The molecule has 32 heavy (non-hydrogen) atoms. The number of nitrogens with one attached hydrogen (secondary N) is 1. The zero-order chi connectivity index (χ0) is 23.0. The van der Waals surface area contributed by atoms with Gasteiger partial charge in [0.15, 0.2) is 0 Å². The van der Waals surface area contributed by atoms with E-state index in [1.54, 1.807) is 24.3 Å². The Kier molecular flexibility index (Phi) is 8.49. The Balaban J connectivity index is 1.63. The van der Waals surface area contributed by atoms with Gasteiger partial charge in [0, 0.05) is 26.2 Å². The van der Waals surface area contributed by atoms with Crippen molar-refractivity contribution in [2.45, 2.75) is 20.0 Å². The summed E-state index contributed by atoms with van der Waals surface area (Å²) in [5.74, 6) is 0.0318. The lowest BCUT2D eigenvalue weighted by atomic mass is 10.1. The minimum Gasteiger partial charge on any atom is -0.492 e. The van der Waals surface area contributed by atoms with Crippen molar-refractivity contribution in [3.8, 4) is 5.75 Å². The van der Waals surface area contributed by atoms with Gasteiger partial charge in [0.1, 0.15) is 12.3 Å². The molecule has 1 heterocycles. The number of hydrogen-bond acceptors (Lipinski definition) is 6. The molecule has 9 heteroatoms. The first kappa shape index (κ1) is 24.0. The largest absolute Gasteiger partial charge is 0.492 e. The van der Waals surface area contributed by atoms with Crippen molar-refractivity contribution in [1.29, 1.82) is 0 Å². The second kappa shape index (κ2) is 11.3. The molecule has 0 bridgehead atoms. The first-order valence-electron chi connectivity index (χ1n) is 10.7. The molecule has 1 fully saturated rings. The lowest BCUT2D eigenvalue weighted by Crippen LogP contribution is -2.40. The fraction of sp³-hybridized carbons (Fsp3) is 0.435. The Morgan fingerprint density at radius 2 is 1.84 bits per heavy atom. The molecule has 0 unspecified atom stereocenters. The zero-order valence-corrected chi connectivity index (χ0v) is 19.4. The molecule has 0 radical (unpaired) electrons. The van der Waals surface area contributed by atoms with Crippen molar-refractivity contribution in [2.75, 3.05) is 50.0 Å². The molecule has 0 aromatic heterocycles. The van der Waals surface area contributed by atoms with E-state index in [1.807, 2.05) is 19.1 Å². The molecule has 1 aliphatic heterocycles. The fourth-order valence-corrected chi connectivity index (χ4v) is 4.42. The summed E-state index contributed by atoms with van der Waals surface area (Å²) < 4.78 is 36.8.